The van der Waals surface area contributed by atoms with E-state index in [0.717, 1.165) is 0 Å². The van der Waals surface area contributed by atoms with Gasteiger partial charge in [-0.15, -0.1) is 0 Å². The second kappa shape index (κ2) is 1.93. The Labute approximate surface area is 60.1 Å². The van der Waals surface area contributed by atoms with Gasteiger partial charge >= 0.3 is 0 Å². The zero-order valence-electron chi connectivity index (χ0n) is 5.74. The molecule has 0 heterocycles. The van der Waals surface area contributed by atoms with Crippen LogP contribution in [0.15, 0.2) is 0 Å². The molecule has 0 aromatic carbocycles. The molecule has 0 aliphatic heterocycles. The summed E-state index contributed by atoms with van der Waals surface area (Å²) in [7, 11) is -3.54. The largest absolute Gasteiger partial charge is 0.392 e. The van der Waals surface area contributed by atoms with Crippen molar-refractivity contribution in [2.24, 2.45) is 5.14 Å². The Morgan fingerprint density at radius 2 is 2.00 bits per heavy atom. The molecule has 1 fully saturated rings. The van der Waals surface area contributed by atoms with Crippen molar-refractivity contribution < 1.29 is 13.5 Å². The quantitative estimate of drug-likeness (QED) is 0.561. The number of aliphatic hydroxyl groups excluding tert-OH is 1. The minimum atomic E-state index is -3.54. The van der Waals surface area contributed by atoms with Crippen LogP contribution in [0.4, 0.5) is 0 Å². The summed E-state index contributed by atoms with van der Waals surface area (Å²) >= 11 is 0. The fourth-order valence-corrected chi connectivity index (χ4v) is 2.21. The van der Waals surface area contributed by atoms with Crippen molar-refractivity contribution in [3.05, 3.63) is 0 Å². The molecular formula is C5H11NO3S. The average molecular weight is 165 g/mol. The zero-order valence-corrected chi connectivity index (χ0v) is 6.56. The highest BCUT2D eigenvalue weighted by atomic mass is 32.2. The molecule has 0 amide bonds. The molecule has 0 saturated heterocycles. The highest BCUT2D eigenvalue weighted by Gasteiger charge is 2.56. The second-order valence-electron chi connectivity index (χ2n) is 2.79. The topological polar surface area (TPSA) is 80.4 Å². The molecule has 0 unspecified atom stereocenters. The maximum Gasteiger partial charge on any atom is 0.217 e. The van der Waals surface area contributed by atoms with E-state index in [1.54, 1.807) is 0 Å². The third-order valence-corrected chi connectivity index (χ3v) is 3.95. The molecule has 0 aromatic rings. The van der Waals surface area contributed by atoms with Gasteiger partial charge in [-0.3, -0.25) is 0 Å². The van der Waals surface area contributed by atoms with E-state index in [-0.39, 0.29) is 0 Å². The van der Waals surface area contributed by atoms with Crippen molar-refractivity contribution in [2.45, 2.75) is 30.6 Å². The lowest BCUT2D eigenvalue weighted by Crippen LogP contribution is -2.39. The normalized spacial score (nSPS) is 25.9. The zero-order chi connectivity index (χ0) is 7.99. The number of sulfonamides is 1. The Morgan fingerprint density at radius 1 is 1.60 bits per heavy atom. The van der Waals surface area contributed by atoms with Gasteiger partial charge < -0.3 is 5.11 Å². The van der Waals surface area contributed by atoms with Crippen molar-refractivity contribution in [3.63, 3.8) is 0 Å². The van der Waals surface area contributed by atoms with Crippen LogP contribution < -0.4 is 5.14 Å². The van der Waals surface area contributed by atoms with E-state index in [2.05, 4.69) is 0 Å². The van der Waals surface area contributed by atoms with Crippen LogP contribution in [0.2, 0.25) is 0 Å². The summed E-state index contributed by atoms with van der Waals surface area (Å²) in [5.41, 5.74) is 0. The minimum absolute atomic E-state index is 0.490. The van der Waals surface area contributed by atoms with Gasteiger partial charge in [-0.2, -0.15) is 0 Å². The standard InChI is InChI=1S/C5H11NO3S/c1-4(7)5(2-3-5)10(6,8)9/h4,7H,2-3H2,1H3,(H2,6,8,9)/t4-/m1/s1. The molecule has 1 saturated carbocycles. The lowest BCUT2D eigenvalue weighted by atomic mass is 10.3. The second-order valence-corrected chi connectivity index (χ2v) is 4.69. The van der Waals surface area contributed by atoms with Crippen LogP contribution in [-0.4, -0.2) is 24.4 Å². The van der Waals surface area contributed by atoms with Crippen LogP contribution in [0.25, 0.3) is 0 Å². The number of hydrogen-bond donors (Lipinski definition) is 2. The molecule has 1 atom stereocenters. The van der Waals surface area contributed by atoms with Crippen LogP contribution in [0.5, 0.6) is 0 Å². The van der Waals surface area contributed by atoms with Crippen LogP contribution in [0, 0.1) is 0 Å². The highest BCUT2D eigenvalue weighted by Crippen LogP contribution is 2.44. The molecule has 0 spiro atoms. The van der Waals surface area contributed by atoms with E-state index in [1.165, 1.54) is 6.92 Å². The Morgan fingerprint density at radius 3 is 2.00 bits per heavy atom. The predicted octanol–water partition coefficient (Wildman–Crippen LogP) is -0.812. The Kier molecular flexibility index (Phi) is 1.54. The third kappa shape index (κ3) is 0.941. The Balaban J connectivity index is 2.91. The molecule has 60 valence electrons. The first kappa shape index (κ1) is 7.97. The van der Waals surface area contributed by atoms with Gasteiger partial charge in [-0.05, 0) is 19.8 Å². The molecule has 1 rings (SSSR count). The molecule has 5 heteroatoms. The summed E-state index contributed by atoms with van der Waals surface area (Å²) in [6.45, 7) is 1.46. The van der Waals surface area contributed by atoms with Gasteiger partial charge in [0.25, 0.3) is 0 Å². The number of aliphatic hydroxyl groups is 1. The molecular weight excluding hydrogens is 154 g/mol. The van der Waals surface area contributed by atoms with Gasteiger partial charge in [-0.25, -0.2) is 13.6 Å². The summed E-state index contributed by atoms with van der Waals surface area (Å²) in [5, 5.41) is 13.9. The molecule has 10 heavy (non-hydrogen) atoms. The van der Waals surface area contributed by atoms with Crippen LogP contribution in [0.3, 0.4) is 0 Å². The first-order chi connectivity index (χ1) is 4.40. The fraction of sp³-hybridized carbons (Fsp3) is 1.00. The first-order valence-corrected chi connectivity index (χ1v) is 4.65. The maximum atomic E-state index is 10.8. The average Bonchev–Trinajstić information content (AvgIpc) is 2.36. The summed E-state index contributed by atoms with van der Waals surface area (Å²) in [6, 6.07) is 0. The smallest absolute Gasteiger partial charge is 0.217 e. The molecule has 0 radical (unpaired) electrons. The van der Waals surface area contributed by atoms with Crippen LogP contribution >= 0.6 is 0 Å². The molecule has 1 aliphatic carbocycles. The Bertz CT molecular complexity index is 227. The summed E-state index contributed by atoms with van der Waals surface area (Å²) < 4.78 is 20.5. The molecule has 4 nitrogen and oxygen atoms in total. The molecule has 0 aromatic heterocycles. The summed E-state index contributed by atoms with van der Waals surface area (Å²) in [6.07, 6.45) is 0.134. The molecule has 1 aliphatic rings. The van der Waals surface area contributed by atoms with Crippen LogP contribution in [0.1, 0.15) is 19.8 Å². The van der Waals surface area contributed by atoms with Gasteiger partial charge in [0.1, 0.15) is 4.75 Å². The van der Waals surface area contributed by atoms with Crippen molar-refractivity contribution in [3.8, 4) is 0 Å². The summed E-state index contributed by atoms with van der Waals surface area (Å²) in [5.74, 6) is 0. The van der Waals surface area contributed by atoms with Crippen molar-refractivity contribution in [2.75, 3.05) is 0 Å². The van der Waals surface area contributed by atoms with E-state index >= 15 is 0 Å². The van der Waals surface area contributed by atoms with Gasteiger partial charge in [0.15, 0.2) is 0 Å². The van der Waals surface area contributed by atoms with Gasteiger partial charge in [0, 0.05) is 0 Å². The number of rotatable bonds is 2. The maximum absolute atomic E-state index is 10.8. The SMILES string of the molecule is C[C@@H](O)C1(S(N)(=O)=O)CC1. The third-order valence-electron chi connectivity index (χ3n) is 2.07. The van der Waals surface area contributed by atoms with Crippen LogP contribution in [-0.2, 0) is 10.0 Å². The first-order valence-electron chi connectivity index (χ1n) is 3.10. The highest BCUT2D eigenvalue weighted by molar-refractivity contribution is 7.90. The lowest BCUT2D eigenvalue weighted by molar-refractivity contribution is 0.180. The molecule has 0 bridgehead atoms. The van der Waals surface area contributed by atoms with E-state index in [4.69, 9.17) is 10.2 Å². The van der Waals surface area contributed by atoms with E-state index in [1.807, 2.05) is 0 Å². The Hall–Kier alpha value is -0.130. The minimum Gasteiger partial charge on any atom is -0.392 e. The number of hydrogen-bond acceptors (Lipinski definition) is 3. The van der Waals surface area contributed by atoms with Crippen molar-refractivity contribution in [1.82, 2.24) is 0 Å². The fourth-order valence-electron chi connectivity index (χ4n) is 1.06. The van der Waals surface area contributed by atoms with E-state index < -0.39 is 20.9 Å². The van der Waals surface area contributed by atoms with E-state index in [0.29, 0.717) is 12.8 Å². The molecule has 3 N–H and O–H groups in total. The van der Waals surface area contributed by atoms with Gasteiger partial charge in [-0.1, -0.05) is 0 Å². The summed E-state index contributed by atoms with van der Waals surface area (Å²) in [4.78, 5) is 0. The number of nitrogens with two attached hydrogens (primary N) is 1. The van der Waals surface area contributed by atoms with Gasteiger partial charge in [0.05, 0.1) is 6.10 Å². The lowest BCUT2D eigenvalue weighted by Gasteiger charge is -2.14. The van der Waals surface area contributed by atoms with E-state index in [9.17, 15) is 8.42 Å². The van der Waals surface area contributed by atoms with Gasteiger partial charge in [0.2, 0.25) is 10.0 Å². The predicted molar refractivity (Wildman–Crippen MR) is 36.8 cm³/mol. The van der Waals surface area contributed by atoms with Crippen molar-refractivity contribution in [1.29, 1.82) is 0 Å². The number of primary sulfonamides is 1. The monoisotopic (exact) mass is 165 g/mol. The van der Waals surface area contributed by atoms with Crippen molar-refractivity contribution >= 4 is 10.0 Å².